The van der Waals surface area contributed by atoms with E-state index in [1.54, 1.807) is 19.9 Å². The van der Waals surface area contributed by atoms with Crippen LogP contribution in [0.4, 0.5) is 0 Å². The van der Waals surface area contributed by atoms with Crippen molar-refractivity contribution in [2.75, 3.05) is 13.2 Å². The second-order valence-corrected chi connectivity index (χ2v) is 7.42. The van der Waals surface area contributed by atoms with Gasteiger partial charge in [0.2, 0.25) is 5.91 Å². The van der Waals surface area contributed by atoms with Gasteiger partial charge in [0, 0.05) is 0 Å². The van der Waals surface area contributed by atoms with Crippen LogP contribution in [-0.4, -0.2) is 40.6 Å². The van der Waals surface area contributed by atoms with Crippen molar-refractivity contribution in [1.82, 2.24) is 15.6 Å². The second kappa shape index (κ2) is 6.45. The number of hydrogen-bond donors (Lipinski definition) is 4. The van der Waals surface area contributed by atoms with Gasteiger partial charge in [-0.05, 0) is 19.9 Å². The van der Waals surface area contributed by atoms with Crippen LogP contribution in [0.5, 0.6) is 0 Å². The van der Waals surface area contributed by atoms with Crippen molar-refractivity contribution in [3.8, 4) is 0 Å². The first-order valence-corrected chi connectivity index (χ1v) is 7.97. The number of halogens is 2. The Kier molecular flexibility index (Phi) is 5.01. The van der Waals surface area contributed by atoms with E-state index in [-0.39, 0.29) is 19.1 Å². The maximum Gasteiger partial charge on any atom is 0.268 e. The summed E-state index contributed by atoms with van der Waals surface area (Å²) in [6.07, 6.45) is 0. The van der Waals surface area contributed by atoms with E-state index in [0.29, 0.717) is 20.6 Å². The van der Waals surface area contributed by atoms with Gasteiger partial charge in [-0.3, -0.25) is 9.59 Å². The van der Waals surface area contributed by atoms with Gasteiger partial charge in [-0.25, -0.2) is 0 Å². The molecule has 0 atom stereocenters. The van der Waals surface area contributed by atoms with Crippen LogP contribution in [0, 0.1) is 0 Å². The minimum absolute atomic E-state index is 0.191. The Morgan fingerprint density at radius 1 is 1.41 bits per heavy atom. The van der Waals surface area contributed by atoms with Crippen molar-refractivity contribution in [3.63, 3.8) is 0 Å². The molecule has 0 radical (unpaired) electrons. The number of carbonyl (C=O) groups is 2. The van der Waals surface area contributed by atoms with E-state index in [1.807, 2.05) is 0 Å². The first-order valence-electron chi connectivity index (χ1n) is 6.40. The van der Waals surface area contributed by atoms with Crippen LogP contribution in [0.25, 0.3) is 10.2 Å². The third kappa shape index (κ3) is 3.73. The maximum atomic E-state index is 12.0. The summed E-state index contributed by atoms with van der Waals surface area (Å²) in [5.74, 6) is -0.811. The SMILES string of the molecule is CC(C)(CO)NC(=O)CNC(=O)c1cc2sc(Cl)c(Cl)c2[nH]1. The maximum absolute atomic E-state index is 12.0. The molecular weight excluding hydrogens is 349 g/mol. The van der Waals surface area contributed by atoms with E-state index in [4.69, 9.17) is 28.3 Å². The summed E-state index contributed by atoms with van der Waals surface area (Å²) in [7, 11) is 0. The van der Waals surface area contributed by atoms with Crippen LogP contribution in [0.1, 0.15) is 24.3 Å². The molecule has 2 rings (SSSR count). The van der Waals surface area contributed by atoms with E-state index in [1.165, 1.54) is 11.3 Å². The second-order valence-electron chi connectivity index (χ2n) is 5.38. The lowest BCUT2D eigenvalue weighted by molar-refractivity contribution is -0.122. The van der Waals surface area contributed by atoms with E-state index in [9.17, 15) is 9.59 Å². The minimum Gasteiger partial charge on any atom is -0.394 e. The normalized spacial score (nSPS) is 11.7. The highest BCUT2D eigenvalue weighted by Crippen LogP contribution is 2.38. The molecule has 0 unspecified atom stereocenters. The summed E-state index contributed by atoms with van der Waals surface area (Å²) in [5.41, 5.74) is 0.169. The third-order valence-corrected chi connectivity index (χ3v) is 4.83. The van der Waals surface area contributed by atoms with Crippen molar-refractivity contribution in [2.24, 2.45) is 0 Å². The summed E-state index contributed by atoms with van der Waals surface area (Å²) >= 11 is 13.2. The van der Waals surface area contributed by atoms with Crippen molar-refractivity contribution in [1.29, 1.82) is 0 Å². The standard InChI is InChI=1S/C13H15Cl2N3O3S/c1-13(2,5-19)18-8(20)4-16-12(21)6-3-7-10(17-6)9(14)11(15)22-7/h3,17,19H,4-5H2,1-2H3,(H,16,21)(H,18,20). The molecule has 6 nitrogen and oxygen atoms in total. The van der Waals surface area contributed by atoms with Gasteiger partial charge in [0.15, 0.2) is 0 Å². The molecule has 0 saturated carbocycles. The van der Waals surface area contributed by atoms with Crippen LogP contribution >= 0.6 is 34.5 Å². The largest absolute Gasteiger partial charge is 0.394 e. The number of aromatic amines is 1. The number of aromatic nitrogens is 1. The number of amides is 2. The van der Waals surface area contributed by atoms with Crippen molar-refractivity contribution >= 4 is 56.6 Å². The Morgan fingerprint density at radius 3 is 2.68 bits per heavy atom. The Labute approximate surface area is 140 Å². The number of rotatable bonds is 5. The molecule has 0 bridgehead atoms. The molecule has 0 saturated heterocycles. The summed E-state index contributed by atoms with van der Waals surface area (Å²) in [6.45, 7) is 2.97. The number of aliphatic hydroxyl groups excluding tert-OH is 1. The molecule has 0 aliphatic carbocycles. The molecule has 22 heavy (non-hydrogen) atoms. The number of carbonyl (C=O) groups excluding carboxylic acids is 2. The molecule has 120 valence electrons. The molecule has 2 amide bonds. The van der Waals surface area contributed by atoms with Gasteiger partial charge in [0.05, 0.1) is 33.9 Å². The number of nitrogens with one attached hydrogen (secondary N) is 3. The molecule has 0 aliphatic heterocycles. The average molecular weight is 364 g/mol. The first-order chi connectivity index (χ1) is 10.2. The lowest BCUT2D eigenvalue weighted by atomic mass is 10.1. The molecule has 0 aromatic carbocycles. The fraction of sp³-hybridized carbons (Fsp3) is 0.385. The predicted molar refractivity (Wildman–Crippen MR) is 87.8 cm³/mol. The van der Waals surface area contributed by atoms with E-state index in [2.05, 4.69) is 15.6 Å². The molecule has 2 heterocycles. The monoisotopic (exact) mass is 363 g/mol. The highest BCUT2D eigenvalue weighted by molar-refractivity contribution is 7.23. The minimum atomic E-state index is -0.735. The fourth-order valence-electron chi connectivity index (χ4n) is 1.76. The van der Waals surface area contributed by atoms with Crippen LogP contribution < -0.4 is 10.6 Å². The first kappa shape index (κ1) is 17.1. The Morgan fingerprint density at radius 2 is 2.09 bits per heavy atom. The summed E-state index contributed by atoms with van der Waals surface area (Å²) < 4.78 is 1.23. The zero-order chi connectivity index (χ0) is 16.5. The third-order valence-electron chi connectivity index (χ3n) is 2.90. The van der Waals surface area contributed by atoms with Gasteiger partial charge >= 0.3 is 0 Å². The van der Waals surface area contributed by atoms with E-state index in [0.717, 1.165) is 4.70 Å². The number of H-pyrrole nitrogens is 1. The van der Waals surface area contributed by atoms with Crippen molar-refractivity contribution in [2.45, 2.75) is 19.4 Å². The molecule has 2 aromatic rings. The van der Waals surface area contributed by atoms with Gasteiger partial charge in [0.25, 0.3) is 5.91 Å². The van der Waals surface area contributed by atoms with Crippen LogP contribution in [0.3, 0.4) is 0 Å². The molecule has 2 aromatic heterocycles. The topological polar surface area (TPSA) is 94.2 Å². The van der Waals surface area contributed by atoms with Crippen molar-refractivity contribution < 1.29 is 14.7 Å². The Hall–Kier alpha value is -1.28. The van der Waals surface area contributed by atoms with E-state index >= 15 is 0 Å². The lowest BCUT2D eigenvalue weighted by Crippen LogP contribution is -2.49. The van der Waals surface area contributed by atoms with Crippen molar-refractivity contribution in [3.05, 3.63) is 21.1 Å². The average Bonchev–Trinajstić information content (AvgIpc) is 2.97. The zero-order valence-electron chi connectivity index (χ0n) is 11.9. The predicted octanol–water partition coefficient (Wildman–Crippen LogP) is 2.15. The zero-order valence-corrected chi connectivity index (χ0v) is 14.2. The smallest absolute Gasteiger partial charge is 0.268 e. The molecule has 0 aliphatic rings. The quantitative estimate of drug-likeness (QED) is 0.655. The highest BCUT2D eigenvalue weighted by Gasteiger charge is 2.20. The van der Waals surface area contributed by atoms with Gasteiger partial charge < -0.3 is 20.7 Å². The van der Waals surface area contributed by atoms with Gasteiger partial charge in [-0.1, -0.05) is 23.2 Å². The lowest BCUT2D eigenvalue weighted by Gasteiger charge is -2.23. The van der Waals surface area contributed by atoms with Gasteiger partial charge in [-0.2, -0.15) is 0 Å². The molecule has 4 N–H and O–H groups in total. The molecule has 9 heteroatoms. The number of hydrogen-bond acceptors (Lipinski definition) is 4. The number of thiophene rings is 1. The molecule has 0 spiro atoms. The number of fused-ring (bicyclic) bond motifs is 1. The number of aliphatic hydroxyl groups is 1. The van der Waals surface area contributed by atoms with Crippen LogP contribution in [0.2, 0.25) is 9.36 Å². The Bertz CT molecular complexity index is 723. The Balaban J connectivity index is 1.98. The van der Waals surface area contributed by atoms with E-state index < -0.39 is 11.4 Å². The summed E-state index contributed by atoms with van der Waals surface area (Å²) in [4.78, 5) is 26.6. The summed E-state index contributed by atoms with van der Waals surface area (Å²) in [6, 6.07) is 1.63. The molecular formula is C13H15Cl2N3O3S. The van der Waals surface area contributed by atoms with Crippen LogP contribution in [-0.2, 0) is 4.79 Å². The van der Waals surface area contributed by atoms with Gasteiger partial charge in [0.1, 0.15) is 10.0 Å². The summed E-state index contributed by atoms with van der Waals surface area (Å²) in [5, 5.41) is 14.5. The highest BCUT2D eigenvalue weighted by atomic mass is 35.5. The van der Waals surface area contributed by atoms with Crippen LogP contribution in [0.15, 0.2) is 6.07 Å². The molecule has 0 fully saturated rings. The van der Waals surface area contributed by atoms with Gasteiger partial charge in [-0.15, -0.1) is 11.3 Å². The fourth-order valence-corrected chi connectivity index (χ4v) is 3.24.